The summed E-state index contributed by atoms with van der Waals surface area (Å²) in [6.45, 7) is 4.00. The van der Waals surface area contributed by atoms with E-state index in [1.807, 2.05) is 39.9 Å². The molecule has 0 radical (unpaired) electrons. The number of carbonyl (C=O) groups excluding carboxylic acids is 1. The number of amides is 1. The van der Waals surface area contributed by atoms with E-state index >= 15 is 0 Å². The molecule has 0 atom stereocenters. The molecule has 1 aliphatic heterocycles. The Kier molecular flexibility index (Phi) is 5.28. The molecule has 6 heteroatoms. The molecule has 2 heterocycles. The molecule has 2 aromatic rings. The lowest BCUT2D eigenvalue weighted by Crippen LogP contribution is -2.38. The minimum absolute atomic E-state index is 0.197. The van der Waals surface area contributed by atoms with Crippen LogP contribution in [0.1, 0.15) is 19.8 Å². The van der Waals surface area contributed by atoms with Crippen LogP contribution in [0.3, 0.4) is 0 Å². The van der Waals surface area contributed by atoms with E-state index in [2.05, 4.69) is 11.9 Å². The van der Waals surface area contributed by atoms with Crippen LogP contribution < -0.4 is 0 Å². The van der Waals surface area contributed by atoms with Crippen LogP contribution in [-0.4, -0.2) is 39.2 Å². The highest BCUT2D eigenvalue weighted by atomic mass is 35.5. The highest BCUT2D eigenvalue weighted by Gasteiger charge is 2.20. The predicted octanol–water partition coefficient (Wildman–Crippen LogP) is 3.88. The van der Waals surface area contributed by atoms with E-state index in [1.54, 1.807) is 6.20 Å². The first-order chi connectivity index (χ1) is 11.1. The standard InChI is InChI=1S/C17H20ClN3OS/c1-13-5-8-20(9-6-13)16(22)12-23-17-19-7-10-21(17)15-4-2-3-14(18)11-15/h2-4,7,10-11,13H,5-6,8-9,12H2,1H3. The van der Waals surface area contributed by atoms with E-state index in [-0.39, 0.29) is 5.91 Å². The van der Waals surface area contributed by atoms with Gasteiger partial charge in [-0.2, -0.15) is 0 Å². The smallest absolute Gasteiger partial charge is 0.233 e. The van der Waals surface area contributed by atoms with Gasteiger partial charge in [0.25, 0.3) is 0 Å². The SMILES string of the molecule is CC1CCN(C(=O)CSc2nccn2-c2cccc(Cl)c2)CC1. The number of rotatable bonds is 4. The first-order valence-electron chi connectivity index (χ1n) is 7.83. The Labute approximate surface area is 145 Å². The summed E-state index contributed by atoms with van der Waals surface area (Å²) in [4.78, 5) is 18.7. The van der Waals surface area contributed by atoms with Crippen molar-refractivity contribution in [2.24, 2.45) is 5.92 Å². The number of aromatic nitrogens is 2. The van der Waals surface area contributed by atoms with Crippen LogP contribution in [0.5, 0.6) is 0 Å². The average Bonchev–Trinajstić information content (AvgIpc) is 3.02. The minimum Gasteiger partial charge on any atom is -0.342 e. The van der Waals surface area contributed by atoms with Gasteiger partial charge in [0.05, 0.1) is 5.75 Å². The van der Waals surface area contributed by atoms with Crippen LogP contribution in [-0.2, 0) is 4.79 Å². The zero-order valence-electron chi connectivity index (χ0n) is 13.1. The number of likely N-dealkylation sites (tertiary alicyclic amines) is 1. The predicted molar refractivity (Wildman–Crippen MR) is 94.3 cm³/mol. The summed E-state index contributed by atoms with van der Waals surface area (Å²) in [6.07, 6.45) is 5.85. The lowest BCUT2D eigenvalue weighted by molar-refractivity contribution is -0.129. The number of thioether (sulfide) groups is 1. The van der Waals surface area contributed by atoms with Gasteiger partial charge in [-0.3, -0.25) is 9.36 Å². The molecule has 0 aliphatic carbocycles. The zero-order chi connectivity index (χ0) is 16.2. The van der Waals surface area contributed by atoms with E-state index in [9.17, 15) is 4.79 Å². The molecule has 1 aromatic heterocycles. The third-order valence-electron chi connectivity index (χ3n) is 4.15. The van der Waals surface area contributed by atoms with Gasteiger partial charge in [0, 0.05) is 36.2 Å². The Morgan fingerprint density at radius 1 is 1.39 bits per heavy atom. The van der Waals surface area contributed by atoms with Crippen molar-refractivity contribution in [1.82, 2.24) is 14.5 Å². The van der Waals surface area contributed by atoms with Gasteiger partial charge >= 0.3 is 0 Å². The van der Waals surface area contributed by atoms with Gasteiger partial charge in [-0.05, 0) is 37.0 Å². The van der Waals surface area contributed by atoms with Crippen molar-refractivity contribution in [1.29, 1.82) is 0 Å². The normalized spacial score (nSPS) is 15.8. The number of nitrogens with zero attached hydrogens (tertiary/aromatic N) is 3. The number of hydrogen-bond donors (Lipinski definition) is 0. The van der Waals surface area contributed by atoms with Gasteiger partial charge in [0.2, 0.25) is 5.91 Å². The quantitative estimate of drug-likeness (QED) is 0.786. The van der Waals surface area contributed by atoms with Crippen LogP contribution >= 0.6 is 23.4 Å². The summed E-state index contributed by atoms with van der Waals surface area (Å²) in [6, 6.07) is 7.62. The maximum atomic E-state index is 12.3. The van der Waals surface area contributed by atoms with Crippen molar-refractivity contribution >= 4 is 29.3 Å². The molecular formula is C17H20ClN3OS. The molecule has 0 bridgehead atoms. The second-order valence-corrected chi connectivity index (χ2v) is 7.29. The lowest BCUT2D eigenvalue weighted by atomic mass is 9.99. The average molecular weight is 350 g/mol. The second-order valence-electron chi connectivity index (χ2n) is 5.91. The maximum absolute atomic E-state index is 12.3. The Hall–Kier alpha value is -1.46. The van der Waals surface area contributed by atoms with Crippen molar-refractivity contribution in [2.45, 2.75) is 24.9 Å². The van der Waals surface area contributed by atoms with E-state index in [4.69, 9.17) is 11.6 Å². The molecule has 1 aromatic carbocycles. The van der Waals surface area contributed by atoms with Gasteiger partial charge in [-0.1, -0.05) is 36.4 Å². The fourth-order valence-electron chi connectivity index (χ4n) is 2.69. The number of imidazole rings is 1. The summed E-state index contributed by atoms with van der Waals surface area (Å²) in [5, 5.41) is 1.50. The third-order valence-corrected chi connectivity index (χ3v) is 5.34. The van der Waals surface area contributed by atoms with Gasteiger partial charge in [0.15, 0.2) is 5.16 Å². The van der Waals surface area contributed by atoms with Crippen molar-refractivity contribution in [3.05, 3.63) is 41.7 Å². The fourth-order valence-corrected chi connectivity index (χ4v) is 3.75. The number of piperidine rings is 1. The van der Waals surface area contributed by atoms with Crippen molar-refractivity contribution in [3.63, 3.8) is 0 Å². The van der Waals surface area contributed by atoms with Gasteiger partial charge < -0.3 is 4.90 Å². The molecule has 0 N–H and O–H groups in total. The number of hydrogen-bond acceptors (Lipinski definition) is 3. The molecular weight excluding hydrogens is 330 g/mol. The highest BCUT2D eigenvalue weighted by molar-refractivity contribution is 7.99. The molecule has 4 nitrogen and oxygen atoms in total. The van der Waals surface area contributed by atoms with E-state index in [0.29, 0.717) is 10.8 Å². The Morgan fingerprint density at radius 2 is 2.17 bits per heavy atom. The van der Waals surface area contributed by atoms with Crippen molar-refractivity contribution < 1.29 is 4.79 Å². The minimum atomic E-state index is 0.197. The summed E-state index contributed by atoms with van der Waals surface area (Å²) in [5.41, 5.74) is 0.955. The number of carbonyl (C=O) groups is 1. The Balaban J connectivity index is 1.63. The highest BCUT2D eigenvalue weighted by Crippen LogP contribution is 2.23. The maximum Gasteiger partial charge on any atom is 0.233 e. The van der Waals surface area contributed by atoms with E-state index in [0.717, 1.165) is 42.7 Å². The summed E-state index contributed by atoms with van der Waals surface area (Å²) < 4.78 is 1.96. The first-order valence-corrected chi connectivity index (χ1v) is 9.19. The zero-order valence-corrected chi connectivity index (χ0v) is 14.7. The molecule has 0 saturated carbocycles. The van der Waals surface area contributed by atoms with Gasteiger partial charge in [0.1, 0.15) is 0 Å². The molecule has 1 fully saturated rings. The molecule has 122 valence electrons. The lowest BCUT2D eigenvalue weighted by Gasteiger charge is -2.30. The Morgan fingerprint density at radius 3 is 2.91 bits per heavy atom. The van der Waals surface area contributed by atoms with Crippen molar-refractivity contribution in [3.8, 4) is 5.69 Å². The fraction of sp³-hybridized carbons (Fsp3) is 0.412. The summed E-state index contributed by atoms with van der Waals surface area (Å²) in [5.74, 6) is 1.35. The Bertz CT molecular complexity index is 680. The molecule has 0 spiro atoms. The molecule has 1 aliphatic rings. The first kappa shape index (κ1) is 16.4. The molecule has 1 saturated heterocycles. The largest absolute Gasteiger partial charge is 0.342 e. The monoisotopic (exact) mass is 349 g/mol. The third kappa shape index (κ3) is 4.09. The van der Waals surface area contributed by atoms with Gasteiger partial charge in [-0.15, -0.1) is 0 Å². The summed E-state index contributed by atoms with van der Waals surface area (Å²) in [7, 11) is 0. The number of benzene rings is 1. The molecule has 3 rings (SSSR count). The van der Waals surface area contributed by atoms with E-state index < -0.39 is 0 Å². The number of halogens is 1. The van der Waals surface area contributed by atoms with Crippen LogP contribution in [0, 0.1) is 5.92 Å². The van der Waals surface area contributed by atoms with Crippen LogP contribution in [0.15, 0.2) is 41.8 Å². The van der Waals surface area contributed by atoms with Crippen molar-refractivity contribution in [2.75, 3.05) is 18.8 Å². The van der Waals surface area contributed by atoms with Crippen LogP contribution in [0.2, 0.25) is 5.02 Å². The molecule has 23 heavy (non-hydrogen) atoms. The van der Waals surface area contributed by atoms with Crippen LogP contribution in [0.4, 0.5) is 0 Å². The van der Waals surface area contributed by atoms with Gasteiger partial charge in [-0.25, -0.2) is 4.98 Å². The topological polar surface area (TPSA) is 38.1 Å². The van der Waals surface area contributed by atoms with E-state index in [1.165, 1.54) is 11.8 Å². The molecule has 1 amide bonds. The molecule has 0 unspecified atom stereocenters. The second kappa shape index (κ2) is 7.41. The van der Waals surface area contributed by atoms with Crippen LogP contribution in [0.25, 0.3) is 5.69 Å². The summed E-state index contributed by atoms with van der Waals surface area (Å²) >= 11 is 7.53.